The Morgan fingerprint density at radius 3 is 2.82 bits per heavy atom. The molecule has 0 bridgehead atoms. The molecule has 4 heteroatoms. The van der Waals surface area contributed by atoms with E-state index in [4.69, 9.17) is 10.5 Å². The van der Waals surface area contributed by atoms with Crippen LogP contribution in [-0.4, -0.2) is 36.7 Å². The van der Waals surface area contributed by atoms with Crippen LogP contribution >= 0.6 is 11.3 Å². The summed E-state index contributed by atoms with van der Waals surface area (Å²) in [5.41, 5.74) is 6.16. The summed E-state index contributed by atoms with van der Waals surface area (Å²) >= 11 is 1.82. The fourth-order valence-electron chi connectivity index (χ4n) is 2.71. The van der Waals surface area contributed by atoms with Crippen LogP contribution in [-0.2, 0) is 11.3 Å². The van der Waals surface area contributed by atoms with Crippen LogP contribution in [0.25, 0.3) is 0 Å². The highest BCUT2D eigenvalue weighted by Gasteiger charge is 2.47. The van der Waals surface area contributed by atoms with Gasteiger partial charge < -0.3 is 10.5 Å². The lowest BCUT2D eigenvalue weighted by Gasteiger charge is -2.53. The number of thiophene rings is 1. The van der Waals surface area contributed by atoms with Gasteiger partial charge in [0, 0.05) is 30.6 Å². The highest BCUT2D eigenvalue weighted by atomic mass is 32.1. The lowest BCUT2D eigenvalue weighted by molar-refractivity contribution is -0.0886. The molecule has 1 aliphatic rings. The van der Waals surface area contributed by atoms with Gasteiger partial charge in [0.1, 0.15) is 0 Å². The molecule has 0 saturated heterocycles. The summed E-state index contributed by atoms with van der Waals surface area (Å²) in [6.07, 6.45) is 2.54. The van der Waals surface area contributed by atoms with E-state index in [2.05, 4.69) is 29.3 Å². The van der Waals surface area contributed by atoms with Gasteiger partial charge in [-0.1, -0.05) is 13.0 Å². The number of methoxy groups -OCH3 is 1. The number of hydrogen-bond acceptors (Lipinski definition) is 4. The van der Waals surface area contributed by atoms with Crippen molar-refractivity contribution in [2.75, 3.05) is 20.2 Å². The monoisotopic (exact) mass is 254 g/mol. The summed E-state index contributed by atoms with van der Waals surface area (Å²) in [7, 11) is 1.79. The summed E-state index contributed by atoms with van der Waals surface area (Å²) in [6.45, 7) is 5.00. The Morgan fingerprint density at radius 1 is 1.59 bits per heavy atom. The van der Waals surface area contributed by atoms with Crippen molar-refractivity contribution in [2.45, 2.75) is 38.0 Å². The quantitative estimate of drug-likeness (QED) is 0.844. The Morgan fingerprint density at radius 2 is 2.35 bits per heavy atom. The molecule has 0 radical (unpaired) electrons. The van der Waals surface area contributed by atoms with Crippen LogP contribution in [0.4, 0.5) is 0 Å². The summed E-state index contributed by atoms with van der Waals surface area (Å²) in [5, 5.41) is 2.14. The Bertz CT molecular complexity index is 333. The van der Waals surface area contributed by atoms with Crippen molar-refractivity contribution in [3.63, 3.8) is 0 Å². The van der Waals surface area contributed by atoms with Crippen LogP contribution in [0.2, 0.25) is 0 Å². The van der Waals surface area contributed by atoms with Crippen molar-refractivity contribution >= 4 is 11.3 Å². The van der Waals surface area contributed by atoms with Gasteiger partial charge in [-0.05, 0) is 30.8 Å². The summed E-state index contributed by atoms with van der Waals surface area (Å²) in [5.74, 6) is 0. The third-order valence-electron chi connectivity index (χ3n) is 3.91. The third-order valence-corrected chi connectivity index (χ3v) is 4.77. The summed E-state index contributed by atoms with van der Waals surface area (Å²) in [6, 6.07) is 4.31. The fourth-order valence-corrected chi connectivity index (χ4v) is 3.43. The van der Waals surface area contributed by atoms with Crippen molar-refractivity contribution < 1.29 is 4.74 Å². The van der Waals surface area contributed by atoms with Crippen molar-refractivity contribution in [2.24, 2.45) is 5.73 Å². The van der Waals surface area contributed by atoms with E-state index in [0.717, 1.165) is 32.5 Å². The minimum Gasteiger partial charge on any atom is -0.381 e. The lowest BCUT2D eigenvalue weighted by Crippen LogP contribution is -2.63. The van der Waals surface area contributed by atoms with Gasteiger partial charge in [-0.2, -0.15) is 0 Å². The number of ether oxygens (including phenoxy) is 1. The first-order valence-corrected chi connectivity index (χ1v) is 7.12. The Balaban J connectivity index is 2.01. The number of rotatable bonds is 6. The molecule has 1 aromatic rings. The minimum atomic E-state index is 0.166. The molecule has 0 aromatic carbocycles. The molecule has 0 amide bonds. The molecule has 0 aliphatic heterocycles. The van der Waals surface area contributed by atoms with Crippen LogP contribution in [0.15, 0.2) is 17.5 Å². The molecule has 17 heavy (non-hydrogen) atoms. The van der Waals surface area contributed by atoms with Gasteiger partial charge in [0.25, 0.3) is 0 Å². The average molecular weight is 254 g/mol. The topological polar surface area (TPSA) is 38.5 Å². The molecular formula is C13H22N2OS. The minimum absolute atomic E-state index is 0.166. The molecule has 0 atom stereocenters. The molecule has 2 rings (SSSR count). The molecule has 2 N–H and O–H groups in total. The van der Waals surface area contributed by atoms with Gasteiger partial charge in [0.05, 0.1) is 6.10 Å². The number of nitrogens with zero attached hydrogens (tertiary/aromatic N) is 1. The van der Waals surface area contributed by atoms with Gasteiger partial charge in [-0.3, -0.25) is 4.90 Å². The van der Waals surface area contributed by atoms with Crippen LogP contribution in [0, 0.1) is 0 Å². The molecule has 1 heterocycles. The van der Waals surface area contributed by atoms with Crippen molar-refractivity contribution in [1.82, 2.24) is 4.90 Å². The first kappa shape index (κ1) is 13.0. The van der Waals surface area contributed by atoms with Gasteiger partial charge in [-0.15, -0.1) is 11.3 Å². The van der Waals surface area contributed by atoms with E-state index in [1.165, 1.54) is 4.88 Å². The molecule has 1 saturated carbocycles. The van der Waals surface area contributed by atoms with E-state index >= 15 is 0 Å². The predicted molar refractivity (Wildman–Crippen MR) is 72.2 cm³/mol. The van der Waals surface area contributed by atoms with Crippen LogP contribution in [0.5, 0.6) is 0 Å². The summed E-state index contributed by atoms with van der Waals surface area (Å²) in [4.78, 5) is 3.93. The van der Waals surface area contributed by atoms with Gasteiger partial charge in [0.15, 0.2) is 0 Å². The Kier molecular flexibility index (Phi) is 4.20. The van der Waals surface area contributed by atoms with Crippen molar-refractivity contribution in [1.29, 1.82) is 0 Å². The summed E-state index contributed by atoms with van der Waals surface area (Å²) < 4.78 is 5.39. The molecular weight excluding hydrogens is 232 g/mol. The van der Waals surface area contributed by atoms with E-state index in [9.17, 15) is 0 Å². The maximum atomic E-state index is 6.00. The molecule has 96 valence electrons. The van der Waals surface area contributed by atoms with E-state index in [1.807, 2.05) is 11.3 Å². The maximum Gasteiger partial charge on any atom is 0.0607 e. The first-order chi connectivity index (χ1) is 8.24. The Hall–Kier alpha value is -0.420. The highest BCUT2D eigenvalue weighted by Crippen LogP contribution is 2.39. The zero-order valence-corrected chi connectivity index (χ0v) is 11.5. The van der Waals surface area contributed by atoms with E-state index in [0.29, 0.717) is 6.10 Å². The zero-order valence-electron chi connectivity index (χ0n) is 10.7. The SMILES string of the molecule is CCN(Cc1cccs1)C1(CN)CC(OC)C1. The second-order valence-corrected chi connectivity index (χ2v) is 5.82. The molecule has 1 aromatic heterocycles. The number of hydrogen-bond donors (Lipinski definition) is 1. The van der Waals surface area contributed by atoms with Crippen molar-refractivity contribution in [3.8, 4) is 0 Å². The molecule has 0 spiro atoms. The van der Waals surface area contributed by atoms with Crippen LogP contribution in [0.1, 0.15) is 24.6 Å². The largest absolute Gasteiger partial charge is 0.381 e. The normalized spacial score (nSPS) is 28.4. The molecule has 1 aliphatic carbocycles. The number of likely N-dealkylation sites (N-methyl/N-ethyl adjacent to an activating group) is 1. The first-order valence-electron chi connectivity index (χ1n) is 6.24. The lowest BCUT2D eigenvalue weighted by atomic mass is 9.72. The van der Waals surface area contributed by atoms with Gasteiger partial charge in [-0.25, -0.2) is 0 Å². The standard InChI is InChI=1S/C13H22N2OS/c1-3-15(9-12-5-4-6-17-12)13(10-14)7-11(8-13)16-2/h4-6,11H,3,7-10,14H2,1-2H3. The third kappa shape index (κ3) is 2.55. The molecule has 0 unspecified atom stereocenters. The number of nitrogens with two attached hydrogens (primary N) is 1. The molecule has 3 nitrogen and oxygen atoms in total. The van der Waals surface area contributed by atoms with Crippen LogP contribution < -0.4 is 5.73 Å². The van der Waals surface area contributed by atoms with E-state index in [-0.39, 0.29) is 5.54 Å². The second-order valence-electron chi connectivity index (χ2n) is 4.79. The highest BCUT2D eigenvalue weighted by molar-refractivity contribution is 7.09. The van der Waals surface area contributed by atoms with E-state index < -0.39 is 0 Å². The zero-order chi connectivity index (χ0) is 12.3. The average Bonchev–Trinajstić information content (AvgIpc) is 2.80. The second kappa shape index (κ2) is 5.48. The molecule has 1 fully saturated rings. The van der Waals surface area contributed by atoms with Gasteiger partial charge in [0.2, 0.25) is 0 Å². The maximum absolute atomic E-state index is 6.00. The van der Waals surface area contributed by atoms with Crippen LogP contribution in [0.3, 0.4) is 0 Å². The Labute approximate surface area is 108 Å². The fraction of sp³-hybridized carbons (Fsp3) is 0.692. The predicted octanol–water partition coefficient (Wildman–Crippen LogP) is 2.08. The van der Waals surface area contributed by atoms with E-state index in [1.54, 1.807) is 7.11 Å². The van der Waals surface area contributed by atoms with Crippen molar-refractivity contribution in [3.05, 3.63) is 22.4 Å². The smallest absolute Gasteiger partial charge is 0.0607 e. The van der Waals surface area contributed by atoms with Gasteiger partial charge >= 0.3 is 0 Å².